The summed E-state index contributed by atoms with van der Waals surface area (Å²) in [6.07, 6.45) is 0.464. The smallest absolute Gasteiger partial charge is 0.227 e. The molecule has 0 spiro atoms. The quantitative estimate of drug-likeness (QED) is 0.765. The lowest BCUT2D eigenvalue weighted by molar-refractivity contribution is -0.116. The molecule has 0 atom stereocenters. The van der Waals surface area contributed by atoms with Crippen molar-refractivity contribution in [3.05, 3.63) is 48.5 Å². The topological polar surface area (TPSA) is 67.6 Å². The van der Waals surface area contributed by atoms with Gasteiger partial charge in [0.2, 0.25) is 11.8 Å². The summed E-state index contributed by atoms with van der Waals surface area (Å²) >= 11 is 0. The number of ether oxygens (including phenoxy) is 1. The summed E-state index contributed by atoms with van der Waals surface area (Å²) in [5, 5.41) is 2.94. The lowest BCUT2D eigenvalue weighted by Crippen LogP contribution is -2.38. The number of anilines is 1. The van der Waals surface area contributed by atoms with Gasteiger partial charge in [-0.25, -0.2) is 4.98 Å². The number of carbonyl (C=O) groups excluding carboxylic acids is 1. The second-order valence-electron chi connectivity index (χ2n) is 6.32. The predicted molar refractivity (Wildman–Crippen MR) is 100.0 cm³/mol. The van der Waals surface area contributed by atoms with Gasteiger partial charge in [0.15, 0.2) is 5.58 Å². The molecule has 6 nitrogen and oxygen atoms in total. The molecule has 2 aromatic carbocycles. The van der Waals surface area contributed by atoms with Gasteiger partial charge >= 0.3 is 0 Å². The number of hydrogen-bond acceptors (Lipinski definition) is 5. The molecule has 1 amide bonds. The Balaban J connectivity index is 1.41. The van der Waals surface area contributed by atoms with Crippen LogP contribution in [-0.4, -0.2) is 48.6 Å². The van der Waals surface area contributed by atoms with E-state index in [0.717, 1.165) is 49.6 Å². The summed E-state index contributed by atoms with van der Waals surface area (Å²) in [5.74, 6) is 0.582. The molecule has 134 valence electrons. The van der Waals surface area contributed by atoms with Crippen molar-refractivity contribution in [1.82, 2.24) is 9.88 Å². The van der Waals surface area contributed by atoms with Crippen LogP contribution < -0.4 is 5.32 Å². The second kappa shape index (κ2) is 7.68. The van der Waals surface area contributed by atoms with E-state index in [1.165, 1.54) is 0 Å². The van der Waals surface area contributed by atoms with Gasteiger partial charge < -0.3 is 14.5 Å². The Labute approximate surface area is 151 Å². The molecule has 1 aliphatic rings. The average molecular weight is 351 g/mol. The molecular formula is C20H21N3O3. The lowest BCUT2D eigenvalue weighted by atomic mass is 10.2. The first-order chi connectivity index (χ1) is 12.8. The van der Waals surface area contributed by atoms with Gasteiger partial charge in [0, 0.05) is 37.3 Å². The minimum atomic E-state index is 0.00243. The third-order valence-corrected chi connectivity index (χ3v) is 4.45. The van der Waals surface area contributed by atoms with Crippen LogP contribution in [0.4, 0.5) is 5.69 Å². The number of rotatable bonds is 5. The maximum absolute atomic E-state index is 12.2. The summed E-state index contributed by atoms with van der Waals surface area (Å²) in [6, 6.07) is 15.3. The highest BCUT2D eigenvalue weighted by Gasteiger charge is 2.13. The van der Waals surface area contributed by atoms with Crippen molar-refractivity contribution < 1.29 is 13.9 Å². The molecule has 1 aliphatic heterocycles. The number of amides is 1. The normalized spacial score (nSPS) is 15.2. The summed E-state index contributed by atoms with van der Waals surface area (Å²) < 4.78 is 11.1. The Hall–Kier alpha value is -2.70. The predicted octanol–water partition coefficient (Wildman–Crippen LogP) is 3.16. The Kier molecular flexibility index (Phi) is 4.95. The standard InChI is InChI=1S/C20H21N3O3/c24-19(8-9-23-10-12-25-13-11-23)21-16-6-7-18-17(14-16)22-20(26-18)15-4-2-1-3-5-15/h1-7,14H,8-13H2,(H,21,24). The molecule has 3 aromatic rings. The van der Waals surface area contributed by atoms with E-state index in [-0.39, 0.29) is 5.91 Å². The SMILES string of the molecule is O=C(CCN1CCOCC1)Nc1ccc2oc(-c3ccccc3)nc2c1. The number of oxazole rings is 1. The van der Waals surface area contributed by atoms with Gasteiger partial charge in [-0.2, -0.15) is 0 Å². The van der Waals surface area contributed by atoms with Crippen LogP contribution in [0.1, 0.15) is 6.42 Å². The van der Waals surface area contributed by atoms with Crippen LogP contribution in [-0.2, 0) is 9.53 Å². The molecule has 26 heavy (non-hydrogen) atoms. The van der Waals surface area contributed by atoms with Crippen LogP contribution in [0.3, 0.4) is 0 Å². The number of carbonyl (C=O) groups is 1. The molecule has 0 unspecified atom stereocenters. The number of nitrogens with one attached hydrogen (secondary N) is 1. The molecule has 1 aromatic heterocycles. The first-order valence-corrected chi connectivity index (χ1v) is 8.84. The van der Waals surface area contributed by atoms with E-state index in [1.807, 2.05) is 48.5 Å². The van der Waals surface area contributed by atoms with Crippen LogP contribution in [0, 0.1) is 0 Å². The minimum absolute atomic E-state index is 0.00243. The van der Waals surface area contributed by atoms with Crippen LogP contribution in [0.15, 0.2) is 52.9 Å². The summed E-state index contributed by atoms with van der Waals surface area (Å²) in [4.78, 5) is 19.0. The van der Waals surface area contributed by atoms with E-state index in [0.29, 0.717) is 17.9 Å². The molecule has 0 aliphatic carbocycles. The molecule has 6 heteroatoms. The number of hydrogen-bond donors (Lipinski definition) is 1. The van der Waals surface area contributed by atoms with Crippen LogP contribution in [0.25, 0.3) is 22.6 Å². The molecule has 1 fully saturated rings. The maximum Gasteiger partial charge on any atom is 0.227 e. The van der Waals surface area contributed by atoms with Gasteiger partial charge in [0.1, 0.15) is 5.52 Å². The van der Waals surface area contributed by atoms with Crippen molar-refractivity contribution in [2.45, 2.75) is 6.42 Å². The van der Waals surface area contributed by atoms with Gasteiger partial charge in [-0.15, -0.1) is 0 Å². The van der Waals surface area contributed by atoms with Crippen molar-refractivity contribution >= 4 is 22.7 Å². The molecule has 4 rings (SSSR count). The van der Waals surface area contributed by atoms with E-state index >= 15 is 0 Å². The van der Waals surface area contributed by atoms with E-state index in [1.54, 1.807) is 0 Å². The van der Waals surface area contributed by atoms with E-state index in [9.17, 15) is 4.79 Å². The van der Waals surface area contributed by atoms with Crippen molar-refractivity contribution in [3.63, 3.8) is 0 Å². The Bertz CT molecular complexity index is 886. The third-order valence-electron chi connectivity index (χ3n) is 4.45. The molecule has 0 saturated carbocycles. The molecular weight excluding hydrogens is 330 g/mol. The fourth-order valence-electron chi connectivity index (χ4n) is 3.02. The zero-order valence-corrected chi connectivity index (χ0v) is 14.5. The van der Waals surface area contributed by atoms with E-state index < -0.39 is 0 Å². The van der Waals surface area contributed by atoms with Gasteiger partial charge in [-0.3, -0.25) is 9.69 Å². The molecule has 2 heterocycles. The van der Waals surface area contributed by atoms with E-state index in [2.05, 4.69) is 15.2 Å². The average Bonchev–Trinajstić information content (AvgIpc) is 3.11. The van der Waals surface area contributed by atoms with E-state index in [4.69, 9.17) is 9.15 Å². The van der Waals surface area contributed by atoms with Crippen molar-refractivity contribution in [3.8, 4) is 11.5 Å². The fraction of sp³-hybridized carbons (Fsp3) is 0.300. The third kappa shape index (κ3) is 3.92. The van der Waals surface area contributed by atoms with Gasteiger partial charge in [-0.1, -0.05) is 18.2 Å². The zero-order chi connectivity index (χ0) is 17.8. The van der Waals surface area contributed by atoms with Crippen LogP contribution in [0.5, 0.6) is 0 Å². The summed E-state index contributed by atoms with van der Waals surface area (Å²) in [5.41, 5.74) is 3.10. The Morgan fingerprint density at radius 3 is 2.73 bits per heavy atom. The van der Waals surface area contributed by atoms with Gasteiger partial charge in [0.05, 0.1) is 13.2 Å². The summed E-state index contributed by atoms with van der Waals surface area (Å²) in [7, 11) is 0. The number of nitrogens with zero attached hydrogens (tertiary/aromatic N) is 2. The van der Waals surface area contributed by atoms with Crippen LogP contribution in [0.2, 0.25) is 0 Å². The Morgan fingerprint density at radius 1 is 1.12 bits per heavy atom. The molecule has 0 bridgehead atoms. The number of benzene rings is 2. The number of aromatic nitrogens is 1. The highest BCUT2D eigenvalue weighted by atomic mass is 16.5. The van der Waals surface area contributed by atoms with Crippen LogP contribution >= 0.6 is 0 Å². The number of fused-ring (bicyclic) bond motifs is 1. The largest absolute Gasteiger partial charge is 0.436 e. The second-order valence-corrected chi connectivity index (χ2v) is 6.32. The lowest BCUT2D eigenvalue weighted by Gasteiger charge is -2.26. The van der Waals surface area contributed by atoms with Gasteiger partial charge in [0.25, 0.3) is 0 Å². The van der Waals surface area contributed by atoms with Gasteiger partial charge in [-0.05, 0) is 30.3 Å². The highest BCUT2D eigenvalue weighted by molar-refractivity contribution is 5.93. The fourth-order valence-corrected chi connectivity index (χ4v) is 3.02. The summed E-state index contributed by atoms with van der Waals surface area (Å²) in [6.45, 7) is 4.02. The van der Waals surface area contributed by atoms with Crippen molar-refractivity contribution in [2.24, 2.45) is 0 Å². The maximum atomic E-state index is 12.2. The number of morpholine rings is 1. The zero-order valence-electron chi connectivity index (χ0n) is 14.5. The minimum Gasteiger partial charge on any atom is -0.436 e. The van der Waals surface area contributed by atoms with Crippen molar-refractivity contribution in [2.75, 3.05) is 38.2 Å². The monoisotopic (exact) mass is 351 g/mol. The van der Waals surface area contributed by atoms with Crippen molar-refractivity contribution in [1.29, 1.82) is 0 Å². The molecule has 1 N–H and O–H groups in total. The highest BCUT2D eigenvalue weighted by Crippen LogP contribution is 2.26. The first-order valence-electron chi connectivity index (χ1n) is 8.84. The molecule has 1 saturated heterocycles. The Morgan fingerprint density at radius 2 is 1.92 bits per heavy atom. The first kappa shape index (κ1) is 16.8. The molecule has 0 radical (unpaired) electrons.